The van der Waals surface area contributed by atoms with E-state index in [4.69, 9.17) is 4.74 Å². The Hall–Kier alpha value is -2.13. The third kappa shape index (κ3) is 3.30. The summed E-state index contributed by atoms with van der Waals surface area (Å²) in [5, 5.41) is 2.66. The predicted molar refractivity (Wildman–Crippen MR) is 82.8 cm³/mol. The molecule has 3 aromatic heterocycles. The summed E-state index contributed by atoms with van der Waals surface area (Å²) in [7, 11) is 0. The van der Waals surface area contributed by atoms with Crippen molar-refractivity contribution in [2.45, 2.75) is 20.1 Å². The molecule has 0 saturated carbocycles. The van der Waals surface area contributed by atoms with Crippen molar-refractivity contribution in [1.29, 1.82) is 0 Å². The summed E-state index contributed by atoms with van der Waals surface area (Å²) in [5.41, 5.74) is 0.556. The lowest BCUT2D eigenvalue weighted by Gasteiger charge is -2.06. The Balaban J connectivity index is 1.72. The Morgan fingerprint density at radius 1 is 1.48 bits per heavy atom. The third-order valence-electron chi connectivity index (χ3n) is 3.01. The summed E-state index contributed by atoms with van der Waals surface area (Å²) in [6.07, 6.45) is 2.38. The molecule has 0 amide bonds. The number of hydrogen-bond acceptors (Lipinski definition) is 6. The summed E-state index contributed by atoms with van der Waals surface area (Å²) in [6, 6.07) is 3.82. The zero-order valence-corrected chi connectivity index (χ0v) is 13.5. The van der Waals surface area contributed by atoms with Crippen molar-refractivity contribution in [3.63, 3.8) is 0 Å². The topological polar surface area (TPSA) is 57.0 Å². The van der Waals surface area contributed by atoms with Gasteiger partial charge in [-0.15, -0.1) is 22.7 Å². The van der Waals surface area contributed by atoms with E-state index in [1.54, 1.807) is 6.92 Å². The first-order chi connectivity index (χ1) is 11.1. The minimum atomic E-state index is -2.72. The average Bonchev–Trinajstić information content (AvgIpc) is 3.24. The number of aromatic nitrogens is 3. The Morgan fingerprint density at radius 2 is 2.30 bits per heavy atom. The molecule has 0 N–H and O–H groups in total. The Morgan fingerprint density at radius 3 is 3.00 bits per heavy atom. The molecule has 0 saturated heterocycles. The van der Waals surface area contributed by atoms with Gasteiger partial charge in [0.15, 0.2) is 5.82 Å². The molecule has 3 aromatic rings. The number of thiazole rings is 1. The number of carbonyl (C=O) groups is 1. The fourth-order valence-electron chi connectivity index (χ4n) is 1.92. The van der Waals surface area contributed by atoms with Gasteiger partial charge in [-0.2, -0.15) is 8.78 Å². The first-order valence-electron chi connectivity index (χ1n) is 6.54. The number of ether oxygens (including phenoxy) is 1. The van der Waals surface area contributed by atoms with Crippen LogP contribution in [-0.4, -0.2) is 20.5 Å². The van der Waals surface area contributed by atoms with Crippen LogP contribution in [-0.2, 0) is 11.3 Å². The molecule has 0 aliphatic heterocycles. The summed E-state index contributed by atoms with van der Waals surface area (Å²) in [6.45, 7) is -1.33. The largest absolute Gasteiger partial charge is 0.453 e. The van der Waals surface area contributed by atoms with Gasteiger partial charge in [-0.1, -0.05) is 6.07 Å². The van der Waals surface area contributed by atoms with Gasteiger partial charge in [0.1, 0.15) is 16.5 Å². The van der Waals surface area contributed by atoms with E-state index in [1.807, 2.05) is 17.5 Å². The number of esters is 1. The number of nitrogens with zero attached hydrogens (tertiary/aromatic N) is 3. The van der Waals surface area contributed by atoms with E-state index in [0.29, 0.717) is 15.1 Å². The Bertz CT molecular complexity index is 812. The molecule has 3 heterocycles. The summed E-state index contributed by atoms with van der Waals surface area (Å²) >= 11 is 2.75. The van der Waals surface area contributed by atoms with Gasteiger partial charge in [-0.3, -0.25) is 4.57 Å². The van der Waals surface area contributed by atoms with E-state index in [9.17, 15) is 13.6 Å². The minimum Gasteiger partial charge on any atom is -0.453 e. The van der Waals surface area contributed by atoms with Crippen LogP contribution in [0.1, 0.15) is 27.7 Å². The zero-order chi connectivity index (χ0) is 16.4. The highest BCUT2D eigenvalue weighted by Crippen LogP contribution is 2.31. The number of alkyl halides is 2. The fraction of sp³-hybridized carbons (Fsp3) is 0.214. The third-order valence-corrected chi connectivity index (χ3v) is 5.18. The molecule has 0 spiro atoms. The second-order valence-electron chi connectivity index (χ2n) is 4.52. The van der Waals surface area contributed by atoms with E-state index in [-0.39, 0.29) is 12.4 Å². The van der Waals surface area contributed by atoms with Gasteiger partial charge in [0.05, 0.1) is 10.6 Å². The van der Waals surface area contributed by atoms with Crippen molar-refractivity contribution in [3.8, 4) is 9.88 Å². The maximum Gasteiger partial charge on any atom is 0.350 e. The van der Waals surface area contributed by atoms with Gasteiger partial charge < -0.3 is 4.74 Å². The molecule has 0 aromatic carbocycles. The van der Waals surface area contributed by atoms with E-state index in [1.165, 1.54) is 28.9 Å². The molecule has 0 radical (unpaired) electrons. The fourth-order valence-corrected chi connectivity index (χ4v) is 3.68. The highest BCUT2D eigenvalue weighted by atomic mass is 32.1. The quantitative estimate of drug-likeness (QED) is 0.646. The van der Waals surface area contributed by atoms with Crippen LogP contribution in [0.3, 0.4) is 0 Å². The lowest BCUT2D eigenvalue weighted by atomic mass is 10.4. The van der Waals surface area contributed by atoms with E-state index < -0.39 is 12.5 Å². The maximum absolute atomic E-state index is 12.7. The lowest BCUT2D eigenvalue weighted by Crippen LogP contribution is -2.10. The van der Waals surface area contributed by atoms with Gasteiger partial charge in [-0.25, -0.2) is 14.8 Å². The van der Waals surface area contributed by atoms with Gasteiger partial charge in [0.25, 0.3) is 0 Å². The van der Waals surface area contributed by atoms with Crippen LogP contribution in [0, 0.1) is 6.92 Å². The predicted octanol–water partition coefficient (Wildman–Crippen LogP) is 4.13. The average molecular weight is 355 g/mol. The molecular formula is C14H11F2N3O2S2. The van der Waals surface area contributed by atoms with Crippen molar-refractivity contribution < 1.29 is 18.3 Å². The Kier molecular flexibility index (Phi) is 4.49. The normalized spacial score (nSPS) is 11.1. The number of imidazole rings is 1. The molecule has 23 heavy (non-hydrogen) atoms. The second kappa shape index (κ2) is 6.55. The summed E-state index contributed by atoms with van der Waals surface area (Å²) < 4.78 is 31.2. The monoisotopic (exact) mass is 355 g/mol. The molecule has 3 rings (SSSR count). The number of aryl methyl sites for hydroxylation is 1. The highest BCUT2D eigenvalue weighted by Gasteiger charge is 2.19. The molecule has 0 aliphatic carbocycles. The van der Waals surface area contributed by atoms with Crippen molar-refractivity contribution in [2.75, 3.05) is 0 Å². The van der Waals surface area contributed by atoms with Crippen LogP contribution in [0.25, 0.3) is 9.88 Å². The number of thiophene rings is 1. The van der Waals surface area contributed by atoms with Crippen LogP contribution in [0.5, 0.6) is 0 Å². The minimum absolute atomic E-state index is 0.00556. The lowest BCUT2D eigenvalue weighted by molar-refractivity contribution is 0.0379. The Labute approximate surface area is 138 Å². The van der Waals surface area contributed by atoms with E-state index in [0.717, 1.165) is 16.1 Å². The van der Waals surface area contributed by atoms with Gasteiger partial charge >= 0.3 is 12.5 Å². The van der Waals surface area contributed by atoms with Crippen LogP contribution in [0.15, 0.2) is 29.9 Å². The summed E-state index contributed by atoms with van der Waals surface area (Å²) in [5.74, 6) is -0.597. The number of halogens is 2. The molecule has 0 aliphatic rings. The SMILES string of the molecule is Cc1nc(-c2cccs2)sc1C(=O)OCc1nccn1C(F)F. The van der Waals surface area contributed by atoms with Gasteiger partial charge in [0.2, 0.25) is 0 Å². The molecule has 9 heteroatoms. The van der Waals surface area contributed by atoms with Crippen LogP contribution in [0.4, 0.5) is 8.78 Å². The smallest absolute Gasteiger partial charge is 0.350 e. The second-order valence-corrected chi connectivity index (χ2v) is 6.46. The molecule has 120 valence electrons. The van der Waals surface area contributed by atoms with Gasteiger partial charge in [0, 0.05) is 12.4 Å². The first kappa shape index (κ1) is 15.8. The number of rotatable bonds is 5. The van der Waals surface area contributed by atoms with Crippen LogP contribution < -0.4 is 0 Å². The zero-order valence-electron chi connectivity index (χ0n) is 11.9. The van der Waals surface area contributed by atoms with E-state index in [2.05, 4.69) is 9.97 Å². The molecule has 0 fully saturated rings. The van der Waals surface area contributed by atoms with Crippen molar-refractivity contribution in [2.24, 2.45) is 0 Å². The van der Waals surface area contributed by atoms with Crippen LogP contribution in [0.2, 0.25) is 0 Å². The van der Waals surface area contributed by atoms with Crippen LogP contribution >= 0.6 is 22.7 Å². The van der Waals surface area contributed by atoms with Crippen molar-refractivity contribution in [1.82, 2.24) is 14.5 Å². The highest BCUT2D eigenvalue weighted by molar-refractivity contribution is 7.22. The molecule has 0 bridgehead atoms. The number of carbonyl (C=O) groups excluding carboxylic acids is 1. The van der Waals surface area contributed by atoms with Gasteiger partial charge in [-0.05, 0) is 18.4 Å². The van der Waals surface area contributed by atoms with E-state index >= 15 is 0 Å². The first-order valence-corrected chi connectivity index (χ1v) is 8.24. The number of hydrogen-bond donors (Lipinski definition) is 0. The summed E-state index contributed by atoms with van der Waals surface area (Å²) in [4.78, 5) is 21.6. The van der Waals surface area contributed by atoms with Crippen molar-refractivity contribution >= 4 is 28.6 Å². The molecule has 0 unspecified atom stereocenters. The molecule has 0 atom stereocenters. The maximum atomic E-state index is 12.7. The molecule has 5 nitrogen and oxygen atoms in total. The molecular weight excluding hydrogens is 344 g/mol. The standard InChI is InChI=1S/C14H11F2N3O2S2/c1-8-11(23-12(18-8)9-3-2-6-22-9)13(20)21-7-10-17-4-5-19(10)14(15)16/h2-6,14H,7H2,1H3. The van der Waals surface area contributed by atoms with Crippen molar-refractivity contribution in [3.05, 3.63) is 46.3 Å².